The summed E-state index contributed by atoms with van der Waals surface area (Å²) < 4.78 is 31.6. The molecule has 5 nitrogen and oxygen atoms in total. The summed E-state index contributed by atoms with van der Waals surface area (Å²) >= 11 is 0. The molecule has 1 aliphatic carbocycles. The normalized spacial score (nSPS) is 19.2. The van der Waals surface area contributed by atoms with Gasteiger partial charge in [-0.3, -0.25) is 0 Å². The minimum absolute atomic E-state index is 0.0550. The molecular formula is C12H19NO4S. The molecule has 1 saturated carbocycles. The molecule has 1 aromatic heterocycles. The van der Waals surface area contributed by atoms with Crippen LogP contribution < -0.4 is 4.72 Å². The average molecular weight is 273 g/mol. The van der Waals surface area contributed by atoms with Crippen LogP contribution in [0.4, 0.5) is 0 Å². The second-order valence-electron chi connectivity index (χ2n) is 5.22. The van der Waals surface area contributed by atoms with Gasteiger partial charge in [0.2, 0.25) is 5.09 Å². The Kier molecular flexibility index (Phi) is 3.79. The maximum absolute atomic E-state index is 12.0. The molecule has 1 heterocycles. The molecule has 0 saturated heterocycles. The molecule has 18 heavy (non-hydrogen) atoms. The number of aliphatic hydroxyl groups is 1. The largest absolute Gasteiger partial charge is 0.446 e. The monoisotopic (exact) mass is 273 g/mol. The second kappa shape index (κ2) is 5.03. The lowest BCUT2D eigenvalue weighted by Crippen LogP contribution is -2.33. The maximum Gasteiger partial charge on any atom is 0.273 e. The van der Waals surface area contributed by atoms with E-state index in [1.807, 2.05) is 0 Å². The van der Waals surface area contributed by atoms with Gasteiger partial charge < -0.3 is 9.52 Å². The van der Waals surface area contributed by atoms with Gasteiger partial charge in [0.05, 0.1) is 0 Å². The molecule has 6 heteroatoms. The molecule has 1 aromatic rings. The van der Waals surface area contributed by atoms with Gasteiger partial charge in [-0.25, -0.2) is 13.1 Å². The lowest BCUT2D eigenvalue weighted by Gasteiger charge is -2.23. The van der Waals surface area contributed by atoms with E-state index < -0.39 is 10.0 Å². The van der Waals surface area contributed by atoms with Crippen LogP contribution in [0.15, 0.2) is 21.6 Å². The summed E-state index contributed by atoms with van der Waals surface area (Å²) in [6, 6.07) is 2.83. The Balaban J connectivity index is 2.03. The summed E-state index contributed by atoms with van der Waals surface area (Å²) in [7, 11) is -3.60. The Labute approximate surface area is 107 Å². The van der Waals surface area contributed by atoms with E-state index in [0.29, 0.717) is 6.54 Å². The highest BCUT2D eigenvalue weighted by Crippen LogP contribution is 2.37. The Morgan fingerprint density at radius 2 is 2.06 bits per heavy atom. The van der Waals surface area contributed by atoms with Gasteiger partial charge in [0.25, 0.3) is 10.0 Å². The number of furan rings is 1. The first-order chi connectivity index (χ1) is 8.45. The molecule has 1 aliphatic rings. The number of hydrogen-bond donors (Lipinski definition) is 2. The molecule has 0 unspecified atom stereocenters. The highest BCUT2D eigenvalue weighted by atomic mass is 32.2. The fourth-order valence-electron chi connectivity index (χ4n) is 2.33. The van der Waals surface area contributed by atoms with Gasteiger partial charge in [0.15, 0.2) is 0 Å². The third-order valence-corrected chi connectivity index (χ3v) is 4.83. The van der Waals surface area contributed by atoms with Crippen LogP contribution >= 0.6 is 0 Å². The Hall–Kier alpha value is -0.850. The van der Waals surface area contributed by atoms with Crippen molar-refractivity contribution in [3.63, 3.8) is 0 Å². The van der Waals surface area contributed by atoms with Gasteiger partial charge in [0.1, 0.15) is 12.4 Å². The van der Waals surface area contributed by atoms with E-state index in [9.17, 15) is 8.42 Å². The van der Waals surface area contributed by atoms with Crippen molar-refractivity contribution < 1.29 is 17.9 Å². The molecule has 0 radical (unpaired) electrons. The minimum atomic E-state index is -3.60. The first-order valence-corrected chi connectivity index (χ1v) is 7.63. The molecule has 0 aliphatic heterocycles. The summed E-state index contributed by atoms with van der Waals surface area (Å²) in [4.78, 5) is 0. The Morgan fingerprint density at radius 3 is 2.61 bits per heavy atom. The molecule has 2 N–H and O–H groups in total. The summed E-state index contributed by atoms with van der Waals surface area (Å²) in [5.74, 6) is 0.252. The van der Waals surface area contributed by atoms with Crippen molar-refractivity contribution in [3.8, 4) is 0 Å². The summed E-state index contributed by atoms with van der Waals surface area (Å²) in [6.45, 7) is 2.24. The van der Waals surface area contributed by atoms with Crippen molar-refractivity contribution >= 4 is 10.0 Å². The van der Waals surface area contributed by atoms with Crippen molar-refractivity contribution in [1.29, 1.82) is 0 Å². The van der Waals surface area contributed by atoms with E-state index in [1.165, 1.54) is 12.1 Å². The zero-order valence-electron chi connectivity index (χ0n) is 10.5. The molecule has 0 bridgehead atoms. The van der Waals surface area contributed by atoms with Gasteiger partial charge in [-0.1, -0.05) is 19.8 Å². The van der Waals surface area contributed by atoms with Gasteiger partial charge in [-0.15, -0.1) is 0 Å². The van der Waals surface area contributed by atoms with Crippen LogP contribution in [-0.2, 0) is 16.6 Å². The molecule has 1 fully saturated rings. The van der Waals surface area contributed by atoms with Crippen molar-refractivity contribution in [3.05, 3.63) is 17.9 Å². The second-order valence-corrected chi connectivity index (χ2v) is 6.92. The van der Waals surface area contributed by atoms with Gasteiger partial charge in [0, 0.05) is 6.54 Å². The minimum Gasteiger partial charge on any atom is -0.446 e. The zero-order valence-corrected chi connectivity index (χ0v) is 11.3. The molecule has 2 rings (SSSR count). The average Bonchev–Trinajstić information content (AvgIpc) is 2.96. The van der Waals surface area contributed by atoms with E-state index in [4.69, 9.17) is 9.52 Å². The van der Waals surface area contributed by atoms with Crippen molar-refractivity contribution in [1.82, 2.24) is 4.72 Å². The van der Waals surface area contributed by atoms with Crippen LogP contribution in [-0.4, -0.2) is 20.1 Å². The van der Waals surface area contributed by atoms with Gasteiger partial charge in [-0.05, 0) is 30.4 Å². The van der Waals surface area contributed by atoms with Crippen LogP contribution in [0, 0.1) is 5.41 Å². The topological polar surface area (TPSA) is 79.5 Å². The van der Waals surface area contributed by atoms with E-state index >= 15 is 0 Å². The predicted molar refractivity (Wildman–Crippen MR) is 66.4 cm³/mol. The Bertz CT molecular complexity index is 500. The van der Waals surface area contributed by atoms with Gasteiger partial charge in [-0.2, -0.15) is 0 Å². The third-order valence-electron chi connectivity index (χ3n) is 3.56. The molecule has 0 aromatic carbocycles. The summed E-state index contributed by atoms with van der Waals surface area (Å²) in [6.07, 6.45) is 4.42. The standard InChI is InChI=1S/C12H19NO4S/c1-12(6-2-3-7-12)9-13-18(15,16)11-5-4-10(8-14)17-11/h4-5,13-14H,2-3,6-9H2,1H3. The fourth-order valence-corrected chi connectivity index (χ4v) is 3.48. The first kappa shape index (κ1) is 13.6. The number of aliphatic hydroxyl groups excluding tert-OH is 1. The van der Waals surface area contributed by atoms with Crippen LogP contribution in [0.3, 0.4) is 0 Å². The lowest BCUT2D eigenvalue weighted by molar-refractivity contribution is 0.236. The van der Waals surface area contributed by atoms with Gasteiger partial charge >= 0.3 is 0 Å². The van der Waals surface area contributed by atoms with Crippen LogP contribution in [0.25, 0.3) is 0 Å². The van der Waals surface area contributed by atoms with E-state index in [2.05, 4.69) is 11.6 Å². The van der Waals surface area contributed by atoms with Crippen molar-refractivity contribution in [2.75, 3.05) is 6.54 Å². The van der Waals surface area contributed by atoms with E-state index in [1.54, 1.807) is 0 Å². The molecule has 0 spiro atoms. The first-order valence-electron chi connectivity index (χ1n) is 6.14. The fraction of sp³-hybridized carbons (Fsp3) is 0.667. The maximum atomic E-state index is 12.0. The van der Waals surface area contributed by atoms with Crippen molar-refractivity contribution in [2.45, 2.75) is 44.3 Å². The summed E-state index contributed by atoms with van der Waals surface area (Å²) in [5, 5.41) is 8.72. The number of rotatable bonds is 5. The van der Waals surface area contributed by atoms with E-state index in [-0.39, 0.29) is 22.9 Å². The number of hydrogen-bond acceptors (Lipinski definition) is 4. The predicted octanol–water partition coefficient (Wildman–Crippen LogP) is 1.63. The highest BCUT2D eigenvalue weighted by Gasteiger charge is 2.31. The quantitative estimate of drug-likeness (QED) is 0.854. The Morgan fingerprint density at radius 1 is 1.39 bits per heavy atom. The third kappa shape index (κ3) is 2.93. The summed E-state index contributed by atoms with van der Waals surface area (Å²) in [5.41, 5.74) is 0.0550. The van der Waals surface area contributed by atoms with Crippen LogP contribution in [0.5, 0.6) is 0 Å². The molecule has 0 amide bonds. The lowest BCUT2D eigenvalue weighted by atomic mass is 9.89. The van der Waals surface area contributed by atoms with E-state index in [0.717, 1.165) is 25.7 Å². The van der Waals surface area contributed by atoms with Crippen molar-refractivity contribution in [2.24, 2.45) is 5.41 Å². The highest BCUT2D eigenvalue weighted by molar-refractivity contribution is 7.89. The zero-order chi connectivity index (χ0) is 13.2. The number of sulfonamides is 1. The number of nitrogens with one attached hydrogen (secondary N) is 1. The molecule has 0 atom stereocenters. The van der Waals surface area contributed by atoms with Crippen LogP contribution in [0.1, 0.15) is 38.4 Å². The molecular weight excluding hydrogens is 254 g/mol. The molecule has 102 valence electrons. The van der Waals surface area contributed by atoms with Crippen LogP contribution in [0.2, 0.25) is 0 Å². The SMILES string of the molecule is CC1(CNS(=O)(=O)c2ccc(CO)o2)CCCC1. The smallest absolute Gasteiger partial charge is 0.273 e.